The molecule has 25 heavy (non-hydrogen) atoms. The van der Waals surface area contributed by atoms with Gasteiger partial charge in [-0.05, 0) is 19.1 Å². The number of rotatable bonds is 6. The van der Waals surface area contributed by atoms with Crippen LogP contribution in [0.1, 0.15) is 11.5 Å². The first kappa shape index (κ1) is 17.2. The van der Waals surface area contributed by atoms with E-state index in [1.807, 2.05) is 36.1 Å². The second kappa shape index (κ2) is 8.48. The molecule has 8 heteroatoms. The summed E-state index contributed by atoms with van der Waals surface area (Å²) in [7, 11) is 0. The van der Waals surface area contributed by atoms with Crippen molar-refractivity contribution in [2.45, 2.75) is 13.5 Å². The summed E-state index contributed by atoms with van der Waals surface area (Å²) >= 11 is 0. The smallest absolute Gasteiger partial charge is 0.317 e. The van der Waals surface area contributed by atoms with Gasteiger partial charge in [0.05, 0.1) is 12.2 Å². The lowest BCUT2D eigenvalue weighted by Crippen LogP contribution is -2.51. The lowest BCUT2D eigenvalue weighted by molar-refractivity contribution is 0.128. The van der Waals surface area contributed by atoms with Crippen LogP contribution in [0.3, 0.4) is 0 Å². The summed E-state index contributed by atoms with van der Waals surface area (Å²) in [4.78, 5) is 20.5. The highest BCUT2D eigenvalue weighted by Crippen LogP contribution is 2.09. The van der Waals surface area contributed by atoms with Gasteiger partial charge in [0, 0.05) is 51.5 Å². The van der Waals surface area contributed by atoms with Crippen molar-refractivity contribution in [1.82, 2.24) is 25.3 Å². The summed E-state index contributed by atoms with van der Waals surface area (Å²) in [5, 5.41) is 10.0. The summed E-state index contributed by atoms with van der Waals surface area (Å²) in [5.41, 5.74) is 0.896. The molecule has 0 aromatic carbocycles. The molecule has 0 bridgehead atoms. The molecule has 3 heterocycles. The Morgan fingerprint density at radius 3 is 2.76 bits per heavy atom. The molecule has 1 aliphatic heterocycles. The van der Waals surface area contributed by atoms with Gasteiger partial charge in [0.2, 0.25) is 0 Å². The van der Waals surface area contributed by atoms with Crippen LogP contribution >= 0.6 is 0 Å². The molecule has 0 aliphatic carbocycles. The number of aryl methyl sites for hydroxylation is 1. The quantitative estimate of drug-likeness (QED) is 0.769. The van der Waals surface area contributed by atoms with E-state index >= 15 is 0 Å². The number of pyridine rings is 1. The summed E-state index contributed by atoms with van der Waals surface area (Å²) in [6, 6.07) is 7.63. The van der Waals surface area contributed by atoms with Gasteiger partial charge in [-0.2, -0.15) is 0 Å². The molecule has 0 atom stereocenters. The maximum atomic E-state index is 12.2. The van der Waals surface area contributed by atoms with Crippen LogP contribution in [-0.2, 0) is 6.54 Å². The van der Waals surface area contributed by atoms with E-state index in [0.717, 1.165) is 36.9 Å². The van der Waals surface area contributed by atoms with Gasteiger partial charge in [0.1, 0.15) is 5.82 Å². The number of hydrogen-bond acceptors (Lipinski definition) is 6. The van der Waals surface area contributed by atoms with Crippen LogP contribution in [0.2, 0.25) is 0 Å². The highest BCUT2D eigenvalue weighted by atomic mass is 16.5. The summed E-state index contributed by atoms with van der Waals surface area (Å²) in [5.74, 6) is 1.68. The van der Waals surface area contributed by atoms with Crippen molar-refractivity contribution in [3.8, 4) is 0 Å². The normalized spacial score (nSPS) is 15.2. The first-order valence-electron chi connectivity index (χ1n) is 8.53. The molecule has 2 aromatic heterocycles. The van der Waals surface area contributed by atoms with Gasteiger partial charge in [-0.1, -0.05) is 11.2 Å². The number of aromatic nitrogens is 2. The molecule has 2 N–H and O–H groups in total. The molecule has 3 rings (SSSR count). The predicted molar refractivity (Wildman–Crippen MR) is 94.2 cm³/mol. The molecular formula is C17H24N6O2. The van der Waals surface area contributed by atoms with Gasteiger partial charge in [0.25, 0.3) is 0 Å². The van der Waals surface area contributed by atoms with E-state index in [9.17, 15) is 4.79 Å². The SMILES string of the molecule is Cc1cc(CN2CCN(C(=O)NCCNc3ccccn3)CC2)on1. The molecule has 0 saturated carbocycles. The van der Waals surface area contributed by atoms with Gasteiger partial charge in [-0.25, -0.2) is 9.78 Å². The van der Waals surface area contributed by atoms with Crippen LogP contribution in [0.25, 0.3) is 0 Å². The number of nitrogens with one attached hydrogen (secondary N) is 2. The fraction of sp³-hybridized carbons (Fsp3) is 0.471. The first-order valence-corrected chi connectivity index (χ1v) is 8.53. The third-order valence-electron chi connectivity index (χ3n) is 4.09. The van der Waals surface area contributed by atoms with Crippen molar-refractivity contribution in [1.29, 1.82) is 0 Å². The topological polar surface area (TPSA) is 86.5 Å². The maximum absolute atomic E-state index is 12.2. The predicted octanol–water partition coefficient (Wildman–Crippen LogP) is 1.32. The van der Waals surface area contributed by atoms with Crippen molar-refractivity contribution < 1.29 is 9.32 Å². The molecule has 1 saturated heterocycles. The van der Waals surface area contributed by atoms with Crippen molar-refractivity contribution in [3.63, 3.8) is 0 Å². The minimum Gasteiger partial charge on any atom is -0.368 e. The highest BCUT2D eigenvalue weighted by molar-refractivity contribution is 5.74. The van der Waals surface area contributed by atoms with Crippen molar-refractivity contribution >= 4 is 11.8 Å². The molecule has 2 amide bonds. The Labute approximate surface area is 147 Å². The molecule has 134 valence electrons. The largest absolute Gasteiger partial charge is 0.368 e. The molecule has 1 fully saturated rings. The van der Waals surface area contributed by atoms with Crippen LogP contribution in [0.4, 0.5) is 10.6 Å². The first-order chi connectivity index (χ1) is 12.2. The van der Waals surface area contributed by atoms with E-state index in [2.05, 4.69) is 25.7 Å². The number of carbonyl (C=O) groups excluding carboxylic acids is 1. The van der Waals surface area contributed by atoms with Gasteiger partial charge in [0.15, 0.2) is 5.76 Å². The Bertz CT molecular complexity index is 667. The minimum absolute atomic E-state index is 0.0158. The van der Waals surface area contributed by atoms with E-state index in [1.54, 1.807) is 6.20 Å². The number of nitrogens with zero attached hydrogens (tertiary/aromatic N) is 4. The monoisotopic (exact) mass is 344 g/mol. The number of amides is 2. The minimum atomic E-state index is -0.0158. The average Bonchev–Trinajstić information content (AvgIpc) is 3.05. The Morgan fingerprint density at radius 2 is 2.08 bits per heavy atom. The standard InChI is InChI=1S/C17H24N6O2/c1-14-12-15(25-21-14)13-22-8-10-23(11-9-22)17(24)20-7-6-19-16-4-2-3-5-18-16/h2-5,12H,6-11,13H2,1H3,(H,18,19)(H,20,24). The third kappa shape index (κ3) is 5.18. The number of carbonyl (C=O) groups is 1. The highest BCUT2D eigenvalue weighted by Gasteiger charge is 2.21. The summed E-state index contributed by atoms with van der Waals surface area (Å²) in [6.07, 6.45) is 1.74. The zero-order valence-electron chi connectivity index (χ0n) is 14.4. The lowest BCUT2D eigenvalue weighted by atomic mass is 10.3. The third-order valence-corrected chi connectivity index (χ3v) is 4.09. The van der Waals surface area contributed by atoms with Gasteiger partial charge in [-0.15, -0.1) is 0 Å². The fourth-order valence-electron chi connectivity index (χ4n) is 2.76. The van der Waals surface area contributed by atoms with Gasteiger partial charge in [-0.3, -0.25) is 4.90 Å². The van der Waals surface area contributed by atoms with Crippen LogP contribution in [0.5, 0.6) is 0 Å². The van der Waals surface area contributed by atoms with E-state index in [4.69, 9.17) is 4.52 Å². The zero-order valence-corrected chi connectivity index (χ0v) is 14.4. The second-order valence-corrected chi connectivity index (χ2v) is 6.07. The van der Waals surface area contributed by atoms with Crippen molar-refractivity contribution in [2.24, 2.45) is 0 Å². The Balaban J connectivity index is 1.32. The Kier molecular flexibility index (Phi) is 5.84. The molecule has 1 aliphatic rings. The molecule has 8 nitrogen and oxygen atoms in total. The van der Waals surface area contributed by atoms with Crippen LogP contribution in [0, 0.1) is 6.92 Å². The van der Waals surface area contributed by atoms with Gasteiger partial charge < -0.3 is 20.1 Å². The summed E-state index contributed by atoms with van der Waals surface area (Å²) < 4.78 is 5.25. The average molecular weight is 344 g/mol. The molecule has 0 spiro atoms. The maximum Gasteiger partial charge on any atom is 0.317 e. The summed E-state index contributed by atoms with van der Waals surface area (Å²) in [6.45, 7) is 6.96. The molecular weight excluding hydrogens is 320 g/mol. The second-order valence-electron chi connectivity index (χ2n) is 6.07. The van der Waals surface area contributed by atoms with Crippen LogP contribution in [0.15, 0.2) is 35.0 Å². The van der Waals surface area contributed by atoms with E-state index in [-0.39, 0.29) is 6.03 Å². The fourth-order valence-corrected chi connectivity index (χ4v) is 2.76. The van der Waals surface area contributed by atoms with Crippen LogP contribution in [-0.4, -0.2) is 65.2 Å². The zero-order chi connectivity index (χ0) is 17.5. The molecule has 0 radical (unpaired) electrons. The number of urea groups is 1. The Morgan fingerprint density at radius 1 is 1.24 bits per heavy atom. The lowest BCUT2D eigenvalue weighted by Gasteiger charge is -2.34. The molecule has 2 aromatic rings. The van der Waals surface area contributed by atoms with E-state index in [0.29, 0.717) is 26.2 Å². The van der Waals surface area contributed by atoms with Gasteiger partial charge >= 0.3 is 6.03 Å². The van der Waals surface area contributed by atoms with Crippen LogP contribution < -0.4 is 10.6 Å². The number of piperazine rings is 1. The van der Waals surface area contributed by atoms with E-state index < -0.39 is 0 Å². The van der Waals surface area contributed by atoms with E-state index in [1.165, 1.54) is 0 Å². The number of anilines is 1. The Hall–Kier alpha value is -2.61. The van der Waals surface area contributed by atoms with Crippen molar-refractivity contribution in [2.75, 3.05) is 44.6 Å². The van der Waals surface area contributed by atoms with Crippen molar-refractivity contribution in [3.05, 3.63) is 41.9 Å². The molecule has 0 unspecified atom stereocenters. The number of hydrogen-bond donors (Lipinski definition) is 2.